The fourth-order valence-corrected chi connectivity index (χ4v) is 3.89. The predicted octanol–water partition coefficient (Wildman–Crippen LogP) is 4.01. The second kappa shape index (κ2) is 9.05. The first kappa shape index (κ1) is 19.4. The molecule has 27 heavy (non-hydrogen) atoms. The minimum Gasteiger partial charge on any atom is -0.381 e. The van der Waals surface area contributed by atoms with Gasteiger partial charge in [0.2, 0.25) is 0 Å². The zero-order valence-electron chi connectivity index (χ0n) is 16.4. The van der Waals surface area contributed by atoms with Crippen molar-refractivity contribution in [2.45, 2.75) is 32.1 Å². The number of anilines is 1. The van der Waals surface area contributed by atoms with Crippen molar-refractivity contribution < 1.29 is 9.53 Å². The van der Waals surface area contributed by atoms with E-state index in [-0.39, 0.29) is 11.3 Å². The number of carbonyl (C=O) groups is 1. The molecule has 4 heteroatoms. The van der Waals surface area contributed by atoms with E-state index in [1.807, 2.05) is 30.3 Å². The summed E-state index contributed by atoms with van der Waals surface area (Å²) in [5, 5.41) is 3.18. The van der Waals surface area contributed by atoms with E-state index >= 15 is 0 Å². The van der Waals surface area contributed by atoms with E-state index in [2.05, 4.69) is 48.3 Å². The Morgan fingerprint density at radius 1 is 1.00 bits per heavy atom. The molecule has 0 aromatic heterocycles. The van der Waals surface area contributed by atoms with Crippen LogP contribution in [0.4, 0.5) is 5.69 Å². The second-order valence-corrected chi connectivity index (χ2v) is 7.16. The van der Waals surface area contributed by atoms with E-state index in [0.717, 1.165) is 44.8 Å². The SMILES string of the molecule is CCN(CC)c1ccc(C(=O)NCC2(c3ccccc3)CCOCC2)cc1. The number of rotatable bonds is 7. The molecular formula is C23H30N2O2. The number of benzene rings is 2. The van der Waals surface area contributed by atoms with Crippen LogP contribution in [-0.2, 0) is 10.2 Å². The molecule has 1 saturated heterocycles. The van der Waals surface area contributed by atoms with Gasteiger partial charge in [0, 0.05) is 49.5 Å². The summed E-state index contributed by atoms with van der Waals surface area (Å²) in [7, 11) is 0. The van der Waals surface area contributed by atoms with Gasteiger partial charge >= 0.3 is 0 Å². The third-order valence-corrected chi connectivity index (χ3v) is 5.68. The van der Waals surface area contributed by atoms with Crippen LogP contribution in [0.15, 0.2) is 54.6 Å². The van der Waals surface area contributed by atoms with Crippen LogP contribution in [0.2, 0.25) is 0 Å². The minimum atomic E-state index is -0.0453. The van der Waals surface area contributed by atoms with E-state index in [1.165, 1.54) is 5.56 Å². The van der Waals surface area contributed by atoms with Gasteiger partial charge in [0.1, 0.15) is 0 Å². The molecule has 0 bridgehead atoms. The maximum Gasteiger partial charge on any atom is 0.251 e. The fourth-order valence-electron chi connectivity index (χ4n) is 3.89. The van der Waals surface area contributed by atoms with Gasteiger partial charge in [-0.3, -0.25) is 4.79 Å². The normalized spacial score (nSPS) is 15.9. The monoisotopic (exact) mass is 366 g/mol. The largest absolute Gasteiger partial charge is 0.381 e. The fraction of sp³-hybridized carbons (Fsp3) is 0.435. The summed E-state index contributed by atoms with van der Waals surface area (Å²) in [6.07, 6.45) is 1.86. The van der Waals surface area contributed by atoms with Gasteiger partial charge in [0.25, 0.3) is 5.91 Å². The summed E-state index contributed by atoms with van der Waals surface area (Å²) >= 11 is 0. The quantitative estimate of drug-likeness (QED) is 0.805. The van der Waals surface area contributed by atoms with Crippen LogP contribution in [0, 0.1) is 0 Å². The van der Waals surface area contributed by atoms with E-state index < -0.39 is 0 Å². The Morgan fingerprint density at radius 2 is 1.63 bits per heavy atom. The van der Waals surface area contributed by atoms with Crippen LogP contribution in [0.3, 0.4) is 0 Å². The van der Waals surface area contributed by atoms with Gasteiger partial charge in [-0.25, -0.2) is 0 Å². The van der Waals surface area contributed by atoms with E-state index in [1.54, 1.807) is 0 Å². The topological polar surface area (TPSA) is 41.6 Å². The summed E-state index contributed by atoms with van der Waals surface area (Å²) in [6.45, 7) is 8.32. The van der Waals surface area contributed by atoms with Gasteiger partial charge in [-0.05, 0) is 56.5 Å². The zero-order valence-corrected chi connectivity index (χ0v) is 16.4. The van der Waals surface area contributed by atoms with Crippen molar-refractivity contribution >= 4 is 11.6 Å². The molecule has 1 amide bonds. The first-order valence-corrected chi connectivity index (χ1v) is 9.95. The first-order valence-electron chi connectivity index (χ1n) is 9.95. The maximum atomic E-state index is 12.7. The molecule has 144 valence electrons. The summed E-state index contributed by atoms with van der Waals surface area (Å²) in [5.41, 5.74) is 3.10. The molecule has 0 spiro atoms. The Hall–Kier alpha value is -2.33. The van der Waals surface area contributed by atoms with Crippen LogP contribution in [0.5, 0.6) is 0 Å². The third kappa shape index (κ3) is 4.51. The van der Waals surface area contributed by atoms with Gasteiger partial charge in [0.05, 0.1) is 0 Å². The molecule has 0 radical (unpaired) electrons. The molecule has 4 nitrogen and oxygen atoms in total. The van der Waals surface area contributed by atoms with Gasteiger partial charge in [-0.1, -0.05) is 30.3 Å². The van der Waals surface area contributed by atoms with Crippen molar-refractivity contribution in [2.75, 3.05) is 37.7 Å². The molecule has 1 aliphatic rings. The lowest BCUT2D eigenvalue weighted by molar-refractivity contribution is 0.0487. The van der Waals surface area contributed by atoms with Crippen molar-refractivity contribution in [1.82, 2.24) is 5.32 Å². The average molecular weight is 367 g/mol. The predicted molar refractivity (Wildman–Crippen MR) is 111 cm³/mol. The highest BCUT2D eigenvalue weighted by atomic mass is 16.5. The van der Waals surface area contributed by atoms with Crippen molar-refractivity contribution in [2.24, 2.45) is 0 Å². The Morgan fingerprint density at radius 3 is 2.22 bits per heavy atom. The summed E-state index contributed by atoms with van der Waals surface area (Å²) < 4.78 is 5.58. The molecule has 1 fully saturated rings. The molecule has 1 heterocycles. The Labute approximate surface area is 162 Å². The van der Waals surface area contributed by atoms with Gasteiger partial charge < -0.3 is 15.0 Å². The average Bonchev–Trinajstić information content (AvgIpc) is 2.75. The molecule has 0 unspecified atom stereocenters. The maximum absolute atomic E-state index is 12.7. The first-order chi connectivity index (χ1) is 13.2. The number of ether oxygens (including phenoxy) is 1. The lowest BCUT2D eigenvalue weighted by Crippen LogP contribution is -2.44. The van der Waals surface area contributed by atoms with Crippen molar-refractivity contribution in [1.29, 1.82) is 0 Å². The van der Waals surface area contributed by atoms with Crippen molar-refractivity contribution in [3.05, 3.63) is 65.7 Å². The molecule has 1 aliphatic heterocycles. The van der Waals surface area contributed by atoms with E-state index in [0.29, 0.717) is 12.1 Å². The van der Waals surface area contributed by atoms with Crippen molar-refractivity contribution in [3.8, 4) is 0 Å². The van der Waals surface area contributed by atoms with Gasteiger partial charge in [0.15, 0.2) is 0 Å². The van der Waals surface area contributed by atoms with Gasteiger partial charge in [-0.15, -0.1) is 0 Å². The highest BCUT2D eigenvalue weighted by molar-refractivity contribution is 5.94. The smallest absolute Gasteiger partial charge is 0.251 e. The molecule has 0 atom stereocenters. The van der Waals surface area contributed by atoms with E-state index in [4.69, 9.17) is 4.74 Å². The molecule has 1 N–H and O–H groups in total. The molecule has 2 aromatic rings. The molecule has 3 rings (SSSR count). The molecule has 0 saturated carbocycles. The van der Waals surface area contributed by atoms with Gasteiger partial charge in [-0.2, -0.15) is 0 Å². The highest BCUT2D eigenvalue weighted by Crippen LogP contribution is 2.34. The van der Waals surface area contributed by atoms with Crippen LogP contribution >= 0.6 is 0 Å². The number of nitrogens with one attached hydrogen (secondary N) is 1. The zero-order chi connectivity index (χ0) is 19.1. The molecule has 0 aliphatic carbocycles. The Kier molecular flexibility index (Phi) is 6.51. The van der Waals surface area contributed by atoms with Crippen LogP contribution in [0.1, 0.15) is 42.6 Å². The third-order valence-electron chi connectivity index (χ3n) is 5.68. The summed E-state index contributed by atoms with van der Waals surface area (Å²) in [6, 6.07) is 18.4. The molecular weight excluding hydrogens is 336 g/mol. The standard InChI is InChI=1S/C23H30N2O2/c1-3-25(4-2)21-12-10-19(11-13-21)22(26)24-18-23(14-16-27-17-15-23)20-8-6-5-7-9-20/h5-13H,3-4,14-18H2,1-2H3,(H,24,26). The second-order valence-electron chi connectivity index (χ2n) is 7.16. The number of amides is 1. The minimum absolute atomic E-state index is 0.0112. The van der Waals surface area contributed by atoms with Crippen LogP contribution < -0.4 is 10.2 Å². The van der Waals surface area contributed by atoms with Crippen LogP contribution in [0.25, 0.3) is 0 Å². The lowest BCUT2D eigenvalue weighted by Gasteiger charge is -2.38. The Balaban J connectivity index is 1.69. The number of carbonyl (C=O) groups excluding carboxylic acids is 1. The van der Waals surface area contributed by atoms with Crippen molar-refractivity contribution in [3.63, 3.8) is 0 Å². The summed E-state index contributed by atoms with van der Waals surface area (Å²) in [4.78, 5) is 15.0. The van der Waals surface area contributed by atoms with E-state index in [9.17, 15) is 4.79 Å². The lowest BCUT2D eigenvalue weighted by atomic mass is 9.74. The number of hydrogen-bond donors (Lipinski definition) is 1. The van der Waals surface area contributed by atoms with Crippen LogP contribution in [-0.4, -0.2) is 38.8 Å². The summed E-state index contributed by atoms with van der Waals surface area (Å²) in [5.74, 6) is -0.0112. The number of hydrogen-bond acceptors (Lipinski definition) is 3. The molecule has 2 aromatic carbocycles. The Bertz CT molecular complexity index is 718. The number of nitrogens with zero attached hydrogens (tertiary/aromatic N) is 1. The highest BCUT2D eigenvalue weighted by Gasteiger charge is 2.34.